The average Bonchev–Trinajstić information content (AvgIpc) is 3.06. The summed E-state index contributed by atoms with van der Waals surface area (Å²) in [5.41, 5.74) is 7.80. The summed E-state index contributed by atoms with van der Waals surface area (Å²) in [5, 5.41) is 3.44. The fraction of sp³-hybridized carbons (Fsp3) is 0.615. The maximum absolute atomic E-state index is 5.81. The van der Waals surface area contributed by atoms with E-state index in [0.29, 0.717) is 17.0 Å². The van der Waals surface area contributed by atoms with Gasteiger partial charge in [0.25, 0.3) is 0 Å². The van der Waals surface area contributed by atoms with Crippen LogP contribution in [0.2, 0.25) is 0 Å². The second-order valence-electron chi connectivity index (χ2n) is 5.93. The van der Waals surface area contributed by atoms with Crippen LogP contribution < -0.4 is 16.0 Å². The van der Waals surface area contributed by atoms with Gasteiger partial charge in [-0.3, -0.25) is 0 Å². The molecule has 0 amide bonds. The lowest BCUT2D eigenvalue weighted by Crippen LogP contribution is -2.38. The molecule has 1 spiro atoms. The Morgan fingerprint density at radius 3 is 2.90 bits per heavy atom. The van der Waals surface area contributed by atoms with Gasteiger partial charge >= 0.3 is 0 Å². The number of aromatic amines is 1. The van der Waals surface area contributed by atoms with Crippen molar-refractivity contribution in [1.82, 2.24) is 25.3 Å². The minimum Gasteiger partial charge on any atom is -0.368 e. The van der Waals surface area contributed by atoms with Crippen LogP contribution in [-0.4, -0.2) is 46.1 Å². The largest absolute Gasteiger partial charge is 0.368 e. The van der Waals surface area contributed by atoms with E-state index in [4.69, 9.17) is 5.73 Å². The van der Waals surface area contributed by atoms with Crippen molar-refractivity contribution in [1.29, 1.82) is 0 Å². The summed E-state index contributed by atoms with van der Waals surface area (Å²) in [5.74, 6) is 1.20. The zero-order valence-corrected chi connectivity index (χ0v) is 11.4. The van der Waals surface area contributed by atoms with Crippen molar-refractivity contribution in [3.63, 3.8) is 0 Å². The Morgan fingerprint density at radius 2 is 2.05 bits per heavy atom. The lowest BCUT2D eigenvalue weighted by atomic mass is 9.78. The number of nitrogens with two attached hydrogens (primary N) is 1. The molecule has 4 heterocycles. The Morgan fingerprint density at radius 1 is 1.20 bits per heavy atom. The molecule has 2 aliphatic rings. The Kier molecular flexibility index (Phi) is 2.56. The highest BCUT2D eigenvalue weighted by atomic mass is 15.3. The first kappa shape index (κ1) is 11.9. The monoisotopic (exact) mass is 273 g/mol. The van der Waals surface area contributed by atoms with Gasteiger partial charge in [-0.1, -0.05) is 0 Å². The average molecular weight is 273 g/mol. The van der Waals surface area contributed by atoms with Crippen molar-refractivity contribution in [2.45, 2.75) is 19.3 Å². The fourth-order valence-electron chi connectivity index (χ4n) is 3.54. The number of anilines is 2. The number of hydrogen-bond donors (Lipinski definition) is 3. The molecule has 0 atom stereocenters. The van der Waals surface area contributed by atoms with Crippen molar-refractivity contribution in [3.8, 4) is 0 Å². The van der Waals surface area contributed by atoms with Gasteiger partial charge < -0.3 is 20.9 Å². The molecule has 2 aliphatic heterocycles. The Hall–Kier alpha value is -1.89. The zero-order valence-electron chi connectivity index (χ0n) is 11.4. The normalized spacial score (nSPS) is 21.9. The van der Waals surface area contributed by atoms with Crippen molar-refractivity contribution >= 4 is 22.9 Å². The van der Waals surface area contributed by atoms with Gasteiger partial charge in [0, 0.05) is 13.1 Å². The Labute approximate surface area is 117 Å². The molecule has 4 N–H and O–H groups in total. The van der Waals surface area contributed by atoms with Gasteiger partial charge in [-0.25, -0.2) is 4.98 Å². The highest BCUT2D eigenvalue weighted by molar-refractivity contribution is 5.84. The smallest absolute Gasteiger partial charge is 0.224 e. The van der Waals surface area contributed by atoms with Gasteiger partial charge in [-0.2, -0.15) is 9.97 Å². The highest BCUT2D eigenvalue weighted by Crippen LogP contribution is 2.40. The van der Waals surface area contributed by atoms with E-state index in [0.717, 1.165) is 37.5 Å². The maximum Gasteiger partial charge on any atom is 0.224 e. The van der Waals surface area contributed by atoms with Crippen LogP contribution in [0.3, 0.4) is 0 Å². The number of nitrogens with one attached hydrogen (secondary N) is 2. The van der Waals surface area contributed by atoms with Crippen LogP contribution in [-0.2, 0) is 0 Å². The molecular weight excluding hydrogens is 254 g/mol. The Balaban J connectivity index is 1.68. The zero-order chi connectivity index (χ0) is 13.6. The first-order chi connectivity index (χ1) is 9.76. The number of fused-ring (bicyclic) bond motifs is 1. The summed E-state index contributed by atoms with van der Waals surface area (Å²) in [7, 11) is 0. The number of nitrogens with zero attached hydrogens (tertiary/aromatic N) is 4. The lowest BCUT2D eigenvalue weighted by Gasteiger charge is -2.33. The lowest BCUT2D eigenvalue weighted by molar-refractivity contribution is 0.232. The van der Waals surface area contributed by atoms with E-state index in [2.05, 4.69) is 30.2 Å². The predicted octanol–water partition coefficient (Wildman–Crippen LogP) is 0.515. The summed E-state index contributed by atoms with van der Waals surface area (Å²) in [6.45, 7) is 4.34. The standard InChI is InChI=1S/C13H19N7/c14-12-18-10-9(16-8-17-10)11(19-12)20-6-3-13(7-20)1-4-15-5-2-13/h8,15H,1-7H2,(H3,14,16,17,18,19). The van der Waals surface area contributed by atoms with Crippen molar-refractivity contribution in [2.24, 2.45) is 5.41 Å². The number of H-pyrrole nitrogens is 1. The minimum absolute atomic E-state index is 0.297. The SMILES string of the molecule is Nc1nc(N2CCC3(CCNCC3)C2)c2[nH]cnc2n1. The van der Waals surface area contributed by atoms with Crippen molar-refractivity contribution < 1.29 is 0 Å². The summed E-state index contributed by atoms with van der Waals surface area (Å²) in [6.07, 6.45) is 5.37. The minimum atomic E-state index is 0.297. The Bertz CT molecular complexity index is 629. The molecule has 0 aromatic carbocycles. The van der Waals surface area contributed by atoms with E-state index >= 15 is 0 Å². The number of hydrogen-bond acceptors (Lipinski definition) is 6. The van der Waals surface area contributed by atoms with Crippen LogP contribution in [0.4, 0.5) is 11.8 Å². The summed E-state index contributed by atoms with van der Waals surface area (Å²) in [4.78, 5) is 18.3. The molecule has 2 aromatic rings. The number of nitrogen functional groups attached to an aromatic ring is 1. The van der Waals surface area contributed by atoms with Gasteiger partial charge in [-0.05, 0) is 37.8 Å². The molecule has 4 rings (SSSR count). The van der Waals surface area contributed by atoms with Crippen LogP contribution in [0.1, 0.15) is 19.3 Å². The molecule has 7 heteroatoms. The molecular formula is C13H19N7. The van der Waals surface area contributed by atoms with Crippen LogP contribution in [0.15, 0.2) is 6.33 Å². The van der Waals surface area contributed by atoms with Gasteiger partial charge in [-0.15, -0.1) is 0 Å². The molecule has 20 heavy (non-hydrogen) atoms. The first-order valence-electron chi connectivity index (χ1n) is 7.18. The summed E-state index contributed by atoms with van der Waals surface area (Å²) < 4.78 is 0. The molecule has 0 bridgehead atoms. The third-order valence-electron chi connectivity index (χ3n) is 4.69. The molecule has 0 saturated carbocycles. The van der Waals surface area contributed by atoms with Crippen molar-refractivity contribution in [3.05, 3.63) is 6.33 Å². The summed E-state index contributed by atoms with van der Waals surface area (Å²) in [6, 6.07) is 0. The van der Waals surface area contributed by atoms with E-state index in [1.807, 2.05) is 0 Å². The molecule has 0 radical (unpaired) electrons. The second-order valence-corrected chi connectivity index (χ2v) is 5.93. The number of aromatic nitrogens is 4. The fourth-order valence-corrected chi connectivity index (χ4v) is 3.54. The summed E-state index contributed by atoms with van der Waals surface area (Å²) >= 11 is 0. The number of piperidine rings is 1. The van der Waals surface area contributed by atoms with Crippen LogP contribution in [0, 0.1) is 5.41 Å². The molecule has 0 unspecified atom stereocenters. The van der Waals surface area contributed by atoms with Gasteiger partial charge in [0.05, 0.1) is 6.33 Å². The van der Waals surface area contributed by atoms with E-state index in [1.54, 1.807) is 6.33 Å². The van der Waals surface area contributed by atoms with Gasteiger partial charge in [0.2, 0.25) is 5.95 Å². The maximum atomic E-state index is 5.81. The molecule has 0 aliphatic carbocycles. The van der Waals surface area contributed by atoms with E-state index in [9.17, 15) is 0 Å². The third-order valence-corrected chi connectivity index (χ3v) is 4.69. The van der Waals surface area contributed by atoms with E-state index in [1.165, 1.54) is 19.3 Å². The van der Waals surface area contributed by atoms with Gasteiger partial charge in [0.15, 0.2) is 11.5 Å². The topological polar surface area (TPSA) is 95.8 Å². The predicted molar refractivity (Wildman–Crippen MR) is 77.5 cm³/mol. The van der Waals surface area contributed by atoms with Crippen LogP contribution >= 0.6 is 0 Å². The number of rotatable bonds is 1. The first-order valence-corrected chi connectivity index (χ1v) is 7.18. The van der Waals surface area contributed by atoms with Crippen LogP contribution in [0.25, 0.3) is 11.2 Å². The molecule has 7 nitrogen and oxygen atoms in total. The quantitative estimate of drug-likeness (QED) is 0.701. The molecule has 2 saturated heterocycles. The van der Waals surface area contributed by atoms with E-state index in [-0.39, 0.29) is 0 Å². The molecule has 2 aromatic heterocycles. The van der Waals surface area contributed by atoms with Crippen LogP contribution in [0.5, 0.6) is 0 Å². The van der Waals surface area contributed by atoms with E-state index < -0.39 is 0 Å². The molecule has 106 valence electrons. The third kappa shape index (κ3) is 1.81. The second kappa shape index (κ2) is 4.31. The highest BCUT2D eigenvalue weighted by Gasteiger charge is 2.39. The van der Waals surface area contributed by atoms with Gasteiger partial charge in [0.1, 0.15) is 5.52 Å². The van der Waals surface area contributed by atoms with Crippen molar-refractivity contribution in [2.75, 3.05) is 36.8 Å². The molecule has 2 fully saturated rings. The number of imidazole rings is 1.